The standard InChI is InChI=1S/C44H55F2N5O5SSi/c1-24(2)58(25(3)4,26(5)6)20-19-29-31(45)17-15-27-13-12-14-30(34(27)29)37-36(46)38-35-40(49-42(48-38)57-11)50-21-28-16-18-32(51(28)43(52)56-44(7,8)9)39(50)33(22-54-23-53-10)55-41(35)47-37/h12-15,17,24-26,28,32-33,39H,16,18,21-23H2,1-11H3. The number of halogens is 2. The molecule has 10 nitrogen and oxygen atoms in total. The van der Waals surface area contributed by atoms with Crippen LogP contribution in [0.3, 0.4) is 0 Å². The Morgan fingerprint density at radius 2 is 1.74 bits per heavy atom. The van der Waals surface area contributed by atoms with E-state index in [0.717, 1.165) is 6.42 Å². The highest BCUT2D eigenvalue weighted by molar-refractivity contribution is 7.98. The van der Waals surface area contributed by atoms with Gasteiger partial charge in [0.25, 0.3) is 0 Å². The van der Waals surface area contributed by atoms with Gasteiger partial charge in [-0.2, -0.15) is 0 Å². The average Bonchev–Trinajstić information content (AvgIpc) is 3.41. The smallest absolute Gasteiger partial charge is 0.410 e. The third kappa shape index (κ3) is 7.30. The Morgan fingerprint density at radius 1 is 1.02 bits per heavy atom. The number of fused-ring (bicyclic) bond motifs is 6. The van der Waals surface area contributed by atoms with Crippen molar-refractivity contribution in [3.05, 3.63) is 47.5 Å². The number of pyridine rings is 1. The van der Waals surface area contributed by atoms with Crippen LogP contribution in [-0.2, 0) is 14.2 Å². The normalized spacial score (nSPS) is 20.4. The number of benzene rings is 2. The number of carbonyl (C=O) groups excluding carboxylic acids is 1. The number of nitrogens with zero attached hydrogens (tertiary/aromatic N) is 5. The van der Waals surface area contributed by atoms with E-state index in [0.29, 0.717) is 62.3 Å². The van der Waals surface area contributed by atoms with Crippen LogP contribution >= 0.6 is 11.8 Å². The monoisotopic (exact) mass is 831 g/mol. The zero-order valence-electron chi connectivity index (χ0n) is 35.4. The summed E-state index contributed by atoms with van der Waals surface area (Å²) < 4.78 is 57.8. The number of hydrogen-bond donors (Lipinski definition) is 0. The lowest BCUT2D eigenvalue weighted by molar-refractivity contribution is -0.0684. The molecule has 2 bridgehead atoms. The molecule has 1 amide bonds. The molecule has 310 valence electrons. The molecule has 0 radical (unpaired) electrons. The van der Waals surface area contributed by atoms with Crippen LogP contribution in [0, 0.1) is 23.1 Å². The first kappa shape index (κ1) is 42.1. The molecule has 2 aromatic heterocycles. The number of ether oxygens (including phenoxy) is 4. The quantitative estimate of drug-likeness (QED) is 0.0405. The Balaban J connectivity index is 1.45. The lowest BCUT2D eigenvalue weighted by Crippen LogP contribution is -2.66. The van der Waals surface area contributed by atoms with E-state index in [2.05, 4.69) is 57.9 Å². The number of thioether (sulfide) groups is 1. The lowest BCUT2D eigenvalue weighted by atomic mass is 9.96. The topological polar surface area (TPSA) is 99.1 Å². The molecule has 4 aromatic rings. The molecule has 0 N–H and O–H groups in total. The summed E-state index contributed by atoms with van der Waals surface area (Å²) in [6.45, 7) is 19.4. The molecule has 14 heteroatoms. The molecule has 5 heterocycles. The van der Waals surface area contributed by atoms with Gasteiger partial charge in [-0.05, 0) is 67.9 Å². The molecule has 0 aliphatic carbocycles. The van der Waals surface area contributed by atoms with Gasteiger partial charge >= 0.3 is 6.09 Å². The molecule has 2 saturated heterocycles. The summed E-state index contributed by atoms with van der Waals surface area (Å²) in [5.41, 5.74) is 4.59. The molecule has 2 aromatic carbocycles. The maximum absolute atomic E-state index is 17.6. The average molecular weight is 832 g/mol. The number of anilines is 1. The highest BCUT2D eigenvalue weighted by atomic mass is 32.2. The fourth-order valence-corrected chi connectivity index (χ4v) is 15.4. The van der Waals surface area contributed by atoms with Crippen molar-refractivity contribution >= 4 is 53.4 Å². The van der Waals surface area contributed by atoms with Crippen LogP contribution in [0.2, 0.25) is 16.6 Å². The van der Waals surface area contributed by atoms with Crippen LogP contribution in [0.4, 0.5) is 19.4 Å². The number of piperazine rings is 1. The molecule has 0 spiro atoms. The van der Waals surface area contributed by atoms with Gasteiger partial charge < -0.3 is 23.8 Å². The van der Waals surface area contributed by atoms with Crippen LogP contribution in [0.1, 0.15) is 80.7 Å². The molecule has 4 atom stereocenters. The van der Waals surface area contributed by atoms with E-state index in [-0.39, 0.29) is 54.2 Å². The van der Waals surface area contributed by atoms with Crippen LogP contribution in [-0.4, -0.2) is 97.2 Å². The van der Waals surface area contributed by atoms with Crippen molar-refractivity contribution in [3.8, 4) is 28.6 Å². The van der Waals surface area contributed by atoms with Crippen LogP contribution in [0.15, 0.2) is 35.5 Å². The van der Waals surface area contributed by atoms with E-state index in [1.165, 1.54) is 17.8 Å². The first-order chi connectivity index (χ1) is 27.5. The first-order valence-corrected chi connectivity index (χ1v) is 23.7. The molecule has 3 aliphatic heterocycles. The van der Waals surface area contributed by atoms with Gasteiger partial charge in [0.2, 0.25) is 5.88 Å². The second-order valence-electron chi connectivity index (χ2n) is 17.6. The molecule has 4 unspecified atom stereocenters. The number of methoxy groups -OCH3 is 1. The van der Waals surface area contributed by atoms with Gasteiger partial charge in [0.05, 0.1) is 30.3 Å². The maximum atomic E-state index is 17.6. The lowest BCUT2D eigenvalue weighted by Gasteiger charge is -2.48. The third-order valence-corrected chi connectivity index (χ3v) is 19.0. The van der Waals surface area contributed by atoms with E-state index in [9.17, 15) is 4.79 Å². The van der Waals surface area contributed by atoms with E-state index in [1.54, 1.807) is 19.2 Å². The van der Waals surface area contributed by atoms with Crippen LogP contribution in [0.25, 0.3) is 32.9 Å². The van der Waals surface area contributed by atoms with Gasteiger partial charge in [0.15, 0.2) is 11.0 Å². The number of aromatic nitrogens is 3. The molecular weight excluding hydrogens is 777 g/mol. The summed E-state index contributed by atoms with van der Waals surface area (Å²) in [5, 5.41) is 1.88. The van der Waals surface area contributed by atoms with E-state index >= 15 is 8.78 Å². The highest BCUT2D eigenvalue weighted by Gasteiger charge is 2.55. The zero-order valence-corrected chi connectivity index (χ0v) is 37.2. The van der Waals surface area contributed by atoms with Gasteiger partial charge in [-0.1, -0.05) is 83.5 Å². The van der Waals surface area contributed by atoms with Crippen molar-refractivity contribution < 1.29 is 32.5 Å². The summed E-state index contributed by atoms with van der Waals surface area (Å²) >= 11 is 1.30. The fourth-order valence-electron chi connectivity index (χ4n) is 9.80. The predicted octanol–water partition coefficient (Wildman–Crippen LogP) is 9.75. The van der Waals surface area contributed by atoms with Crippen molar-refractivity contribution in [2.45, 2.75) is 127 Å². The molecule has 0 saturated carbocycles. The summed E-state index contributed by atoms with van der Waals surface area (Å²) in [4.78, 5) is 32.4. The predicted molar refractivity (Wildman–Crippen MR) is 228 cm³/mol. The van der Waals surface area contributed by atoms with Crippen molar-refractivity contribution in [1.82, 2.24) is 19.9 Å². The van der Waals surface area contributed by atoms with Crippen molar-refractivity contribution in [3.63, 3.8) is 0 Å². The Labute approximate surface area is 345 Å². The summed E-state index contributed by atoms with van der Waals surface area (Å²) in [5.74, 6) is 2.80. The minimum absolute atomic E-state index is 0.0104. The van der Waals surface area contributed by atoms with Crippen LogP contribution in [0.5, 0.6) is 5.88 Å². The Bertz CT molecular complexity index is 2270. The summed E-state index contributed by atoms with van der Waals surface area (Å²) in [7, 11) is -0.732. The SMILES string of the molecule is COCOCC1Oc2nc(-c3cccc4ccc(F)c(C#C[Si](C(C)C)(C(C)C)C(C)C)c34)c(F)c3nc(SC)nc(c23)N2CC3CCC(C12)N3C(=O)OC(C)(C)C. The molecular formula is C44H55F2N5O5SSi. The van der Waals surface area contributed by atoms with E-state index in [1.807, 2.05) is 44.1 Å². The molecule has 2 fully saturated rings. The number of hydrogen-bond acceptors (Lipinski definition) is 10. The highest BCUT2D eigenvalue weighted by Crippen LogP contribution is 2.48. The van der Waals surface area contributed by atoms with E-state index in [4.69, 9.17) is 33.9 Å². The minimum atomic E-state index is -2.28. The van der Waals surface area contributed by atoms with Crippen molar-refractivity contribution in [1.29, 1.82) is 0 Å². The van der Waals surface area contributed by atoms with Gasteiger partial charge in [-0.25, -0.2) is 28.5 Å². The minimum Gasteiger partial charge on any atom is -0.469 e. The van der Waals surface area contributed by atoms with Gasteiger partial charge in [-0.15, -0.1) is 5.54 Å². The number of carbonyl (C=O) groups is 1. The van der Waals surface area contributed by atoms with Crippen molar-refractivity contribution in [2.75, 3.05) is 38.2 Å². The molecule has 58 heavy (non-hydrogen) atoms. The molecule has 3 aliphatic rings. The largest absolute Gasteiger partial charge is 0.469 e. The fraction of sp³-hybridized carbons (Fsp3) is 0.545. The summed E-state index contributed by atoms with van der Waals surface area (Å²) in [6.07, 6.45) is 2.21. The molecule has 7 rings (SSSR count). The Hall–Kier alpha value is -4.03. The Morgan fingerprint density at radius 3 is 2.40 bits per heavy atom. The zero-order chi connectivity index (χ0) is 41.8. The van der Waals surface area contributed by atoms with Crippen molar-refractivity contribution in [2.24, 2.45) is 0 Å². The van der Waals surface area contributed by atoms with Gasteiger partial charge in [-0.3, -0.25) is 4.90 Å². The number of amides is 1. The second kappa shape index (κ2) is 16.2. The number of rotatable bonds is 9. The second-order valence-corrected chi connectivity index (χ2v) is 23.9. The van der Waals surface area contributed by atoms with Gasteiger partial charge in [0.1, 0.15) is 54.8 Å². The maximum Gasteiger partial charge on any atom is 0.410 e. The first-order valence-electron chi connectivity index (χ1n) is 20.2. The van der Waals surface area contributed by atoms with Crippen LogP contribution < -0.4 is 9.64 Å². The van der Waals surface area contributed by atoms with E-state index < -0.39 is 37.5 Å². The van der Waals surface area contributed by atoms with Gasteiger partial charge in [0, 0.05) is 24.6 Å². The third-order valence-electron chi connectivity index (χ3n) is 12.1. The Kier molecular flexibility index (Phi) is 11.8. The summed E-state index contributed by atoms with van der Waals surface area (Å²) in [6, 6.07) is 7.61.